The predicted octanol–water partition coefficient (Wildman–Crippen LogP) is 3.93. The molecule has 4 rings (SSSR count). The quantitative estimate of drug-likeness (QED) is 0.476. The van der Waals surface area contributed by atoms with E-state index in [0.29, 0.717) is 56.9 Å². The maximum absolute atomic E-state index is 13.4. The molecule has 1 atom stereocenters. The first-order chi connectivity index (χ1) is 18.2. The number of hydrogen-bond acceptors (Lipinski definition) is 7. The smallest absolute Gasteiger partial charge is 0.274 e. The van der Waals surface area contributed by atoms with E-state index in [-0.39, 0.29) is 17.0 Å². The van der Waals surface area contributed by atoms with Crippen LogP contribution < -0.4 is 30.0 Å². The van der Waals surface area contributed by atoms with Gasteiger partial charge in [-0.1, -0.05) is 52.0 Å². The molecular weight excluding hydrogens is 496 g/mol. The maximum atomic E-state index is 13.4. The molecule has 2 heterocycles. The second-order valence-corrected chi connectivity index (χ2v) is 11.0. The van der Waals surface area contributed by atoms with E-state index in [4.69, 9.17) is 15.2 Å². The maximum Gasteiger partial charge on any atom is 0.274 e. The van der Waals surface area contributed by atoms with Gasteiger partial charge in [0, 0.05) is 0 Å². The number of nitrogens with two attached hydrogens (primary N) is 1. The zero-order valence-electron chi connectivity index (χ0n) is 21.9. The first kappa shape index (κ1) is 26.8. The fourth-order valence-electron chi connectivity index (χ4n) is 4.14. The van der Waals surface area contributed by atoms with Crippen molar-refractivity contribution in [3.8, 4) is 23.6 Å². The highest BCUT2D eigenvalue weighted by Gasteiger charge is 2.32. The van der Waals surface area contributed by atoms with Gasteiger partial charge in [0.25, 0.3) is 5.56 Å². The van der Waals surface area contributed by atoms with Gasteiger partial charge in [0.2, 0.25) is 0 Å². The Morgan fingerprint density at radius 2 is 1.58 bits per heavy atom. The number of ether oxygens (including phenoxy) is 2. The Morgan fingerprint density at radius 3 is 2.18 bits per heavy atom. The molecule has 1 aromatic heterocycles. The summed E-state index contributed by atoms with van der Waals surface area (Å²) in [6.45, 7) is 9.40. The fraction of sp³-hybridized carbons (Fsp3) is 0.300. The van der Waals surface area contributed by atoms with Crippen molar-refractivity contribution in [2.45, 2.75) is 33.6 Å². The lowest BCUT2D eigenvalue weighted by Gasteiger charge is -2.22. The monoisotopic (exact) mass is 526 g/mol. The van der Waals surface area contributed by atoms with Crippen LogP contribution in [0.5, 0.6) is 11.5 Å². The van der Waals surface area contributed by atoms with E-state index in [2.05, 4.69) is 39.8 Å². The van der Waals surface area contributed by atoms with Gasteiger partial charge in [0.1, 0.15) is 22.0 Å². The molecular formula is C30H30N4O3S. The van der Waals surface area contributed by atoms with Gasteiger partial charge >= 0.3 is 0 Å². The predicted molar refractivity (Wildman–Crippen MR) is 150 cm³/mol. The molecule has 38 heavy (non-hydrogen) atoms. The van der Waals surface area contributed by atoms with E-state index in [9.17, 15) is 15.3 Å². The lowest BCUT2D eigenvalue weighted by atomic mass is 9.84. The third-order valence-electron chi connectivity index (χ3n) is 5.90. The van der Waals surface area contributed by atoms with Crippen LogP contribution in [-0.4, -0.2) is 17.8 Å². The van der Waals surface area contributed by atoms with Crippen molar-refractivity contribution in [2.24, 2.45) is 17.6 Å². The number of thiazole rings is 1. The van der Waals surface area contributed by atoms with Gasteiger partial charge in [-0.05, 0) is 53.3 Å². The van der Waals surface area contributed by atoms with Gasteiger partial charge in [-0.15, -0.1) is 11.3 Å². The van der Waals surface area contributed by atoms with E-state index in [0.717, 1.165) is 5.56 Å². The molecule has 1 aliphatic heterocycles. The third-order valence-corrected chi connectivity index (χ3v) is 7.01. The average Bonchev–Trinajstić information content (AvgIpc) is 3.22. The van der Waals surface area contributed by atoms with Crippen LogP contribution in [-0.2, 0) is 0 Å². The summed E-state index contributed by atoms with van der Waals surface area (Å²) in [6.07, 6.45) is 1.75. The summed E-state index contributed by atoms with van der Waals surface area (Å²) in [6, 6.07) is 19.2. The summed E-state index contributed by atoms with van der Waals surface area (Å²) < 4.78 is 13.8. The first-order valence-electron chi connectivity index (χ1n) is 12.5. The Bertz CT molecular complexity index is 1650. The molecule has 0 bridgehead atoms. The highest BCUT2D eigenvalue weighted by molar-refractivity contribution is 7.07. The SMILES string of the molecule is CC(C)COc1cccc(/C=c2\sc3n(c2=O)C(N)=C(C#N)C(c2cccc(OCC(C)C)c2)C=3C#N)c1. The van der Waals surface area contributed by atoms with Crippen LogP contribution in [0.25, 0.3) is 17.5 Å². The normalized spacial score (nSPS) is 15.4. The van der Waals surface area contributed by atoms with Crippen LogP contribution in [0.4, 0.5) is 0 Å². The molecule has 0 amide bonds. The second kappa shape index (κ2) is 11.4. The van der Waals surface area contributed by atoms with Crippen molar-refractivity contribution in [1.82, 2.24) is 4.57 Å². The van der Waals surface area contributed by atoms with Gasteiger partial charge in [-0.2, -0.15) is 10.5 Å². The zero-order chi connectivity index (χ0) is 27.4. The van der Waals surface area contributed by atoms with Crippen LogP contribution in [0.15, 0.2) is 58.9 Å². The number of nitriles is 2. The van der Waals surface area contributed by atoms with Gasteiger partial charge in [0.05, 0.1) is 46.9 Å². The minimum absolute atomic E-state index is 0.0370. The van der Waals surface area contributed by atoms with Crippen molar-refractivity contribution in [3.63, 3.8) is 0 Å². The van der Waals surface area contributed by atoms with Crippen LogP contribution in [0.2, 0.25) is 0 Å². The highest BCUT2D eigenvalue weighted by atomic mass is 32.1. The zero-order valence-corrected chi connectivity index (χ0v) is 22.7. The van der Waals surface area contributed by atoms with E-state index in [1.54, 1.807) is 6.08 Å². The molecule has 0 fully saturated rings. The molecule has 1 unspecified atom stereocenters. The van der Waals surface area contributed by atoms with Crippen molar-refractivity contribution in [2.75, 3.05) is 13.2 Å². The number of allylic oxidation sites excluding steroid dienone is 1. The summed E-state index contributed by atoms with van der Waals surface area (Å²) in [5.41, 5.74) is 8.00. The Balaban J connectivity index is 1.86. The van der Waals surface area contributed by atoms with Crippen LogP contribution in [0.3, 0.4) is 0 Å². The van der Waals surface area contributed by atoms with Crippen molar-refractivity contribution >= 4 is 28.8 Å². The van der Waals surface area contributed by atoms with E-state index in [1.807, 2.05) is 48.5 Å². The van der Waals surface area contributed by atoms with Gasteiger partial charge in [-0.3, -0.25) is 9.36 Å². The molecule has 0 saturated heterocycles. The molecule has 0 aliphatic carbocycles. The Kier molecular flexibility index (Phi) is 8.05. The molecule has 194 valence electrons. The molecule has 2 aromatic carbocycles. The number of benzene rings is 2. The topological polar surface area (TPSA) is 114 Å². The van der Waals surface area contributed by atoms with Crippen molar-refractivity contribution in [3.05, 3.63) is 84.8 Å². The van der Waals surface area contributed by atoms with Crippen LogP contribution in [0, 0.1) is 34.5 Å². The van der Waals surface area contributed by atoms with E-state index >= 15 is 0 Å². The summed E-state index contributed by atoms with van der Waals surface area (Å²) in [5, 5.41) is 20.3. The van der Waals surface area contributed by atoms with Gasteiger partial charge in [-0.25, -0.2) is 0 Å². The van der Waals surface area contributed by atoms with E-state index in [1.165, 1.54) is 15.9 Å². The minimum Gasteiger partial charge on any atom is -0.493 e. The number of fused-ring (bicyclic) bond motifs is 1. The van der Waals surface area contributed by atoms with Gasteiger partial charge in [0.15, 0.2) is 0 Å². The van der Waals surface area contributed by atoms with Gasteiger partial charge < -0.3 is 15.2 Å². The molecule has 0 saturated carbocycles. The fourth-order valence-corrected chi connectivity index (χ4v) is 5.27. The highest BCUT2D eigenvalue weighted by Crippen LogP contribution is 2.36. The minimum atomic E-state index is -0.703. The molecule has 7 nitrogen and oxygen atoms in total. The molecule has 0 radical (unpaired) electrons. The standard InChI is InChI=1S/C30H30N4O3S/c1-18(2)16-36-22-9-5-7-20(11-22)12-26-29(35)34-28(33)24(14-31)27(25(15-32)30(34)38-26)21-8-6-10-23(13-21)37-17-19(3)4/h5-13,18-19,27H,16-17,33H2,1-4H3/b26-12-. The summed E-state index contributed by atoms with van der Waals surface area (Å²) in [4.78, 5) is 13.4. The average molecular weight is 527 g/mol. The summed E-state index contributed by atoms with van der Waals surface area (Å²) >= 11 is 1.19. The summed E-state index contributed by atoms with van der Waals surface area (Å²) in [5.74, 6) is 1.42. The van der Waals surface area contributed by atoms with Crippen LogP contribution in [0.1, 0.15) is 44.7 Å². The molecule has 0 spiro atoms. The van der Waals surface area contributed by atoms with Crippen molar-refractivity contribution < 1.29 is 9.47 Å². The number of aromatic nitrogens is 1. The summed E-state index contributed by atoms with van der Waals surface area (Å²) in [7, 11) is 0. The number of rotatable bonds is 8. The Labute approximate surface area is 226 Å². The lowest BCUT2D eigenvalue weighted by Crippen LogP contribution is -2.38. The lowest BCUT2D eigenvalue weighted by molar-refractivity contribution is 0.271. The molecule has 8 heteroatoms. The largest absolute Gasteiger partial charge is 0.493 e. The second-order valence-electron chi connectivity index (χ2n) is 9.98. The third kappa shape index (κ3) is 5.51. The first-order valence-corrected chi connectivity index (χ1v) is 13.3. The van der Waals surface area contributed by atoms with E-state index < -0.39 is 5.92 Å². The van der Waals surface area contributed by atoms with Crippen molar-refractivity contribution in [1.29, 1.82) is 10.5 Å². The molecule has 1 aliphatic rings. The molecule has 2 N–H and O–H groups in total. The Morgan fingerprint density at radius 1 is 0.974 bits per heavy atom. The number of nitrogens with zero attached hydrogens (tertiary/aromatic N) is 3. The van der Waals surface area contributed by atoms with Crippen LogP contribution >= 0.6 is 11.3 Å². The number of hydrogen-bond donors (Lipinski definition) is 1. The Hall–Kier alpha value is -4.27. The molecule has 3 aromatic rings.